The molecule has 2 aromatic carbocycles. The smallest absolute Gasteiger partial charge is 0.246 e. The molecule has 1 fully saturated rings. The molecule has 0 spiro atoms. The zero-order valence-electron chi connectivity index (χ0n) is 21.6. The van der Waals surface area contributed by atoms with Gasteiger partial charge in [0.25, 0.3) is 0 Å². The lowest BCUT2D eigenvalue weighted by Crippen LogP contribution is -2.46. The molecule has 0 aliphatic carbocycles. The van der Waals surface area contributed by atoms with Crippen LogP contribution in [0, 0.1) is 0 Å². The molecule has 3 heterocycles. The predicted octanol–water partition coefficient (Wildman–Crippen LogP) is 5.59. The van der Waals surface area contributed by atoms with E-state index in [0.29, 0.717) is 48.0 Å². The van der Waals surface area contributed by atoms with Gasteiger partial charge in [-0.3, -0.25) is 4.79 Å². The van der Waals surface area contributed by atoms with Crippen LogP contribution in [0.2, 0.25) is 0 Å². The maximum Gasteiger partial charge on any atom is 0.246 e. The summed E-state index contributed by atoms with van der Waals surface area (Å²) in [6.45, 7) is 6.23. The number of piperidine rings is 1. The second-order valence-electron chi connectivity index (χ2n) is 9.11. The Morgan fingerprint density at radius 2 is 1.97 bits per heavy atom. The van der Waals surface area contributed by atoms with Crippen molar-refractivity contribution >= 4 is 28.3 Å². The summed E-state index contributed by atoms with van der Waals surface area (Å²) in [5.74, 6) is 3.12. The third-order valence-electron chi connectivity index (χ3n) is 6.76. The third kappa shape index (κ3) is 5.00. The van der Waals surface area contributed by atoms with Crippen molar-refractivity contribution in [3.8, 4) is 28.6 Å². The number of hydrogen-bond donors (Lipinski definition) is 1. The molecule has 4 aromatic rings. The molecule has 9 heteroatoms. The number of amides is 1. The average Bonchev–Trinajstić information content (AvgIpc) is 3.48. The third-order valence-corrected chi connectivity index (χ3v) is 6.76. The Bertz CT molecular complexity index is 1450. The van der Waals surface area contributed by atoms with Crippen LogP contribution in [0.4, 0.5) is 11.5 Å². The van der Waals surface area contributed by atoms with E-state index in [9.17, 15) is 4.79 Å². The number of ether oxygens (including phenoxy) is 3. The van der Waals surface area contributed by atoms with E-state index in [1.807, 2.05) is 54.3 Å². The first-order chi connectivity index (χ1) is 18.5. The van der Waals surface area contributed by atoms with Gasteiger partial charge in [0, 0.05) is 42.4 Å². The first-order valence-corrected chi connectivity index (χ1v) is 12.4. The molecule has 1 N–H and O–H groups in total. The largest absolute Gasteiger partial charge is 0.495 e. The lowest BCUT2D eigenvalue weighted by Gasteiger charge is -2.37. The number of methoxy groups -OCH3 is 2. The molecular weight excluding hydrogens is 484 g/mol. The summed E-state index contributed by atoms with van der Waals surface area (Å²) in [4.78, 5) is 22.9. The molecule has 1 aliphatic heterocycles. The maximum atomic E-state index is 12.1. The number of nitrogens with zero attached hydrogens (tertiary/aromatic N) is 3. The highest BCUT2D eigenvalue weighted by Gasteiger charge is 2.29. The van der Waals surface area contributed by atoms with E-state index in [1.54, 1.807) is 20.5 Å². The van der Waals surface area contributed by atoms with Gasteiger partial charge in [0.1, 0.15) is 29.8 Å². The molecule has 196 valence electrons. The van der Waals surface area contributed by atoms with Gasteiger partial charge in [-0.1, -0.05) is 6.58 Å². The van der Waals surface area contributed by atoms with Crippen LogP contribution < -0.4 is 19.5 Å². The van der Waals surface area contributed by atoms with E-state index in [-0.39, 0.29) is 18.1 Å². The monoisotopic (exact) mass is 514 g/mol. The van der Waals surface area contributed by atoms with Gasteiger partial charge < -0.3 is 28.8 Å². The first kappa shape index (κ1) is 25.1. The molecule has 5 rings (SSSR count). The predicted molar refractivity (Wildman–Crippen MR) is 145 cm³/mol. The maximum absolute atomic E-state index is 12.1. The molecular formula is C29H30N4O5. The second-order valence-corrected chi connectivity index (χ2v) is 9.11. The Balaban J connectivity index is 1.46. The number of fused-ring (bicyclic) bond motifs is 1. The minimum atomic E-state index is -0.0728. The minimum absolute atomic E-state index is 0.0418. The molecule has 1 saturated heterocycles. The summed E-state index contributed by atoms with van der Waals surface area (Å²) in [7, 11) is 3.23. The van der Waals surface area contributed by atoms with Crippen LogP contribution in [0.1, 0.15) is 19.8 Å². The zero-order valence-corrected chi connectivity index (χ0v) is 21.6. The molecule has 38 heavy (non-hydrogen) atoms. The topological polar surface area (TPSA) is 99.0 Å². The van der Waals surface area contributed by atoms with Crippen LogP contribution in [0.25, 0.3) is 22.2 Å². The molecule has 0 saturated carbocycles. The molecule has 2 atom stereocenters. The van der Waals surface area contributed by atoms with Crippen molar-refractivity contribution in [1.82, 2.24) is 14.9 Å². The normalized spacial score (nSPS) is 17.2. The van der Waals surface area contributed by atoms with Crippen molar-refractivity contribution in [3.63, 3.8) is 0 Å². The van der Waals surface area contributed by atoms with E-state index < -0.39 is 0 Å². The van der Waals surface area contributed by atoms with Crippen molar-refractivity contribution in [1.29, 1.82) is 0 Å². The minimum Gasteiger partial charge on any atom is -0.495 e. The highest BCUT2D eigenvalue weighted by atomic mass is 16.5. The van der Waals surface area contributed by atoms with Crippen LogP contribution in [-0.2, 0) is 4.79 Å². The summed E-state index contributed by atoms with van der Waals surface area (Å²) in [5, 5.41) is 4.17. The lowest BCUT2D eigenvalue weighted by atomic mass is 10.0. The molecule has 2 aromatic heterocycles. The number of carbonyl (C=O) groups excluding carboxylic acids is 1. The number of furan rings is 1. The summed E-state index contributed by atoms with van der Waals surface area (Å²) < 4.78 is 23.2. The number of hydrogen-bond acceptors (Lipinski definition) is 8. The van der Waals surface area contributed by atoms with Crippen molar-refractivity contribution in [3.05, 3.63) is 67.7 Å². The van der Waals surface area contributed by atoms with E-state index in [1.165, 1.54) is 12.4 Å². The number of anilines is 2. The number of carbonyl (C=O) groups is 1. The fourth-order valence-electron chi connectivity index (χ4n) is 4.80. The lowest BCUT2D eigenvalue weighted by molar-refractivity contribution is -0.130. The number of benzene rings is 2. The van der Waals surface area contributed by atoms with Crippen LogP contribution in [0.15, 0.2) is 72.1 Å². The van der Waals surface area contributed by atoms with Crippen molar-refractivity contribution in [2.75, 3.05) is 26.1 Å². The SMILES string of the molecule is C=CC(=O)N1CCC(Oc2cc3c(Nc4cc(-c5ccco5)ccc4OC)ncnc3cc2OC)CC1C. The van der Waals surface area contributed by atoms with Gasteiger partial charge >= 0.3 is 0 Å². The molecule has 2 unspecified atom stereocenters. The number of likely N-dealkylation sites (tertiary alicyclic amines) is 1. The van der Waals surface area contributed by atoms with Gasteiger partial charge in [-0.05, 0) is 49.4 Å². The van der Waals surface area contributed by atoms with Crippen LogP contribution in [-0.4, -0.2) is 53.7 Å². The Morgan fingerprint density at radius 1 is 1.13 bits per heavy atom. The van der Waals surface area contributed by atoms with Crippen LogP contribution in [0.5, 0.6) is 17.2 Å². The van der Waals surface area contributed by atoms with Crippen molar-refractivity contribution < 1.29 is 23.4 Å². The van der Waals surface area contributed by atoms with Crippen molar-refractivity contribution in [2.45, 2.75) is 31.9 Å². The van der Waals surface area contributed by atoms with E-state index >= 15 is 0 Å². The van der Waals surface area contributed by atoms with E-state index in [0.717, 1.165) is 22.4 Å². The summed E-state index contributed by atoms with van der Waals surface area (Å²) in [6.07, 6.45) is 5.84. The second kappa shape index (κ2) is 10.8. The standard InChI is InChI=1S/C29H30N4O5/c1-5-28(34)33-11-10-20(13-18(33)2)38-27-15-21-22(16-26(27)36-4)30-17-31-29(21)32-23-14-19(8-9-25(23)35-3)24-7-6-12-37-24/h5-9,12,14-18,20H,1,10-11,13H2,2-4H3,(H,30,31,32). The number of rotatable bonds is 8. The highest BCUT2D eigenvalue weighted by molar-refractivity contribution is 5.93. The Labute approximate surface area is 221 Å². The van der Waals surface area contributed by atoms with Gasteiger partial charge in [-0.2, -0.15) is 0 Å². The van der Waals surface area contributed by atoms with E-state index in [2.05, 4.69) is 21.9 Å². The summed E-state index contributed by atoms with van der Waals surface area (Å²) >= 11 is 0. The number of nitrogens with one attached hydrogen (secondary N) is 1. The van der Waals surface area contributed by atoms with Gasteiger partial charge in [0.15, 0.2) is 11.5 Å². The molecule has 9 nitrogen and oxygen atoms in total. The van der Waals surface area contributed by atoms with Gasteiger partial charge in [0.05, 0.1) is 31.7 Å². The van der Waals surface area contributed by atoms with Gasteiger partial charge in [0.2, 0.25) is 5.91 Å². The molecule has 1 aliphatic rings. The average molecular weight is 515 g/mol. The van der Waals surface area contributed by atoms with Crippen LogP contribution >= 0.6 is 0 Å². The van der Waals surface area contributed by atoms with Gasteiger partial charge in [-0.25, -0.2) is 9.97 Å². The highest BCUT2D eigenvalue weighted by Crippen LogP contribution is 2.38. The Hall–Kier alpha value is -4.53. The summed E-state index contributed by atoms with van der Waals surface area (Å²) in [5.41, 5.74) is 2.33. The fourth-order valence-corrected chi connectivity index (χ4v) is 4.80. The summed E-state index contributed by atoms with van der Waals surface area (Å²) in [6, 6.07) is 13.3. The Kier molecular flexibility index (Phi) is 7.17. The molecule has 0 bridgehead atoms. The fraction of sp³-hybridized carbons (Fsp3) is 0.276. The van der Waals surface area contributed by atoms with Crippen molar-refractivity contribution in [2.24, 2.45) is 0 Å². The molecule has 0 radical (unpaired) electrons. The first-order valence-electron chi connectivity index (χ1n) is 12.4. The molecule has 1 amide bonds. The van der Waals surface area contributed by atoms with Gasteiger partial charge in [-0.15, -0.1) is 0 Å². The zero-order chi connectivity index (χ0) is 26.6. The number of aromatic nitrogens is 2. The quantitative estimate of drug-likeness (QED) is 0.304. The van der Waals surface area contributed by atoms with E-state index in [4.69, 9.17) is 18.6 Å². The Morgan fingerprint density at radius 3 is 2.68 bits per heavy atom. The van der Waals surface area contributed by atoms with Crippen LogP contribution in [0.3, 0.4) is 0 Å².